The van der Waals surface area contributed by atoms with Gasteiger partial charge in [-0.1, -0.05) is 5.16 Å². The van der Waals surface area contributed by atoms with Gasteiger partial charge in [0.2, 0.25) is 11.7 Å². The number of carboxylic acid groups (broad SMARTS) is 1. The van der Waals surface area contributed by atoms with Crippen molar-refractivity contribution in [2.75, 3.05) is 6.54 Å². The highest BCUT2D eigenvalue weighted by Crippen LogP contribution is 2.23. The van der Waals surface area contributed by atoms with E-state index in [0.717, 1.165) is 0 Å². The molecule has 0 aliphatic heterocycles. The number of halogens is 1. The number of hydrogen-bond acceptors (Lipinski definition) is 5. The number of rotatable bonds is 5. The second kappa shape index (κ2) is 5.79. The summed E-state index contributed by atoms with van der Waals surface area (Å²) in [5.74, 6) is -2.10. The van der Waals surface area contributed by atoms with Crippen molar-refractivity contribution in [2.24, 2.45) is 5.73 Å². The number of aryl methyl sites for hydroxylation is 1. The molecule has 3 N–H and O–H groups in total. The van der Waals surface area contributed by atoms with Crippen molar-refractivity contribution in [3.05, 3.63) is 35.5 Å². The van der Waals surface area contributed by atoms with Gasteiger partial charge in [0.1, 0.15) is 11.7 Å². The zero-order valence-electron chi connectivity index (χ0n) is 10.8. The molecule has 1 unspecified atom stereocenters. The van der Waals surface area contributed by atoms with Crippen LogP contribution in [0.5, 0.6) is 0 Å². The fourth-order valence-corrected chi connectivity index (χ4v) is 1.80. The molecule has 6 nitrogen and oxygen atoms in total. The number of carbonyl (C=O) groups is 1. The van der Waals surface area contributed by atoms with Crippen molar-refractivity contribution >= 4 is 5.97 Å². The predicted octanol–water partition coefficient (Wildman–Crippen LogP) is 1.70. The van der Waals surface area contributed by atoms with Crippen LogP contribution in [-0.2, 0) is 4.79 Å². The van der Waals surface area contributed by atoms with Crippen LogP contribution in [0.2, 0.25) is 0 Å². The Morgan fingerprint density at radius 1 is 1.55 bits per heavy atom. The zero-order chi connectivity index (χ0) is 14.7. The average Bonchev–Trinajstić information content (AvgIpc) is 2.88. The monoisotopic (exact) mass is 279 g/mol. The first-order valence-electron chi connectivity index (χ1n) is 6.06. The van der Waals surface area contributed by atoms with Crippen molar-refractivity contribution < 1.29 is 18.8 Å². The summed E-state index contributed by atoms with van der Waals surface area (Å²) in [4.78, 5) is 15.2. The second-order valence-corrected chi connectivity index (χ2v) is 4.39. The summed E-state index contributed by atoms with van der Waals surface area (Å²) in [5, 5.41) is 12.8. The molecule has 0 bridgehead atoms. The van der Waals surface area contributed by atoms with Crippen molar-refractivity contribution in [1.82, 2.24) is 10.1 Å². The highest BCUT2D eigenvalue weighted by atomic mass is 19.1. The second-order valence-electron chi connectivity index (χ2n) is 4.39. The minimum Gasteiger partial charge on any atom is -0.481 e. The first-order valence-corrected chi connectivity index (χ1v) is 6.06. The Labute approximate surface area is 114 Å². The highest BCUT2D eigenvalue weighted by Gasteiger charge is 2.25. The van der Waals surface area contributed by atoms with Crippen LogP contribution in [0, 0.1) is 12.7 Å². The number of hydrogen-bond donors (Lipinski definition) is 2. The Balaban J connectivity index is 2.32. The molecule has 0 spiro atoms. The van der Waals surface area contributed by atoms with Gasteiger partial charge in [0.05, 0.1) is 0 Å². The van der Waals surface area contributed by atoms with Gasteiger partial charge < -0.3 is 15.4 Å². The number of aromatic nitrogens is 2. The van der Waals surface area contributed by atoms with E-state index in [4.69, 9.17) is 15.4 Å². The third-order valence-corrected chi connectivity index (χ3v) is 2.91. The van der Waals surface area contributed by atoms with Crippen LogP contribution in [0.15, 0.2) is 22.7 Å². The van der Waals surface area contributed by atoms with Crippen LogP contribution >= 0.6 is 0 Å². The van der Waals surface area contributed by atoms with Gasteiger partial charge in [-0.25, -0.2) is 4.39 Å². The Morgan fingerprint density at radius 3 is 2.90 bits per heavy atom. The maximum Gasteiger partial charge on any atom is 0.316 e. The first-order chi connectivity index (χ1) is 9.52. The summed E-state index contributed by atoms with van der Waals surface area (Å²) >= 11 is 0. The molecule has 1 atom stereocenters. The van der Waals surface area contributed by atoms with E-state index in [1.165, 1.54) is 12.1 Å². The fraction of sp³-hybridized carbons (Fsp3) is 0.308. The molecule has 2 rings (SSSR count). The number of benzene rings is 1. The molecular formula is C13H14FN3O3. The lowest BCUT2D eigenvalue weighted by Gasteiger charge is -2.04. The summed E-state index contributed by atoms with van der Waals surface area (Å²) in [6, 6.07) is 4.38. The summed E-state index contributed by atoms with van der Waals surface area (Å²) in [5.41, 5.74) is 6.38. The normalized spacial score (nSPS) is 12.3. The van der Waals surface area contributed by atoms with Crippen LogP contribution < -0.4 is 5.73 Å². The molecule has 2 aromatic rings. The van der Waals surface area contributed by atoms with Crippen LogP contribution in [0.25, 0.3) is 11.4 Å². The van der Waals surface area contributed by atoms with E-state index in [2.05, 4.69) is 10.1 Å². The van der Waals surface area contributed by atoms with E-state index in [1.807, 2.05) is 0 Å². The summed E-state index contributed by atoms with van der Waals surface area (Å²) in [6.45, 7) is 1.82. The Kier molecular flexibility index (Phi) is 4.09. The number of carboxylic acids is 1. The maximum atomic E-state index is 13.2. The Hall–Kier alpha value is -2.28. The average molecular weight is 279 g/mol. The van der Waals surface area contributed by atoms with E-state index in [0.29, 0.717) is 11.1 Å². The molecule has 0 radical (unpaired) electrons. The van der Waals surface area contributed by atoms with E-state index in [-0.39, 0.29) is 30.5 Å². The molecule has 1 heterocycles. The summed E-state index contributed by atoms with van der Waals surface area (Å²) < 4.78 is 18.2. The smallest absolute Gasteiger partial charge is 0.316 e. The molecule has 0 saturated heterocycles. The van der Waals surface area contributed by atoms with Crippen molar-refractivity contribution in [3.63, 3.8) is 0 Å². The molecule has 7 heteroatoms. The number of nitrogens with zero attached hydrogens (tertiary/aromatic N) is 2. The fourth-order valence-electron chi connectivity index (χ4n) is 1.80. The molecule has 0 aliphatic carbocycles. The summed E-state index contributed by atoms with van der Waals surface area (Å²) in [7, 11) is 0. The lowest BCUT2D eigenvalue weighted by atomic mass is 10.1. The van der Waals surface area contributed by atoms with E-state index in [9.17, 15) is 9.18 Å². The molecule has 1 aromatic heterocycles. The largest absolute Gasteiger partial charge is 0.481 e. The van der Waals surface area contributed by atoms with Crippen LogP contribution in [0.1, 0.15) is 23.8 Å². The van der Waals surface area contributed by atoms with Gasteiger partial charge in [-0.3, -0.25) is 4.79 Å². The molecule has 1 aromatic carbocycles. The zero-order valence-corrected chi connectivity index (χ0v) is 10.8. The van der Waals surface area contributed by atoms with Crippen LogP contribution in [0.4, 0.5) is 4.39 Å². The van der Waals surface area contributed by atoms with Gasteiger partial charge >= 0.3 is 5.97 Å². The van der Waals surface area contributed by atoms with E-state index < -0.39 is 11.9 Å². The van der Waals surface area contributed by atoms with Gasteiger partial charge in [-0.05, 0) is 43.7 Å². The minimum atomic E-state index is -1.07. The molecule has 106 valence electrons. The number of aliphatic carboxylic acids is 1. The standard InChI is InChI=1S/C13H14FN3O3/c1-7-6-8(2-3-10(7)14)11-16-12(20-17-11)9(4-5-15)13(18)19/h2-3,6,9H,4-5,15H2,1H3,(H,18,19). The van der Waals surface area contributed by atoms with Gasteiger partial charge in [0, 0.05) is 5.56 Å². The van der Waals surface area contributed by atoms with Crippen molar-refractivity contribution in [3.8, 4) is 11.4 Å². The molecule has 0 fully saturated rings. The van der Waals surface area contributed by atoms with E-state index >= 15 is 0 Å². The molecule has 20 heavy (non-hydrogen) atoms. The quantitative estimate of drug-likeness (QED) is 0.863. The topological polar surface area (TPSA) is 102 Å². The van der Waals surface area contributed by atoms with Crippen LogP contribution in [0.3, 0.4) is 0 Å². The highest BCUT2D eigenvalue weighted by molar-refractivity contribution is 5.74. The third-order valence-electron chi connectivity index (χ3n) is 2.91. The number of nitrogens with two attached hydrogens (primary N) is 1. The first kappa shape index (κ1) is 14.1. The van der Waals surface area contributed by atoms with Gasteiger partial charge in [-0.15, -0.1) is 0 Å². The van der Waals surface area contributed by atoms with Gasteiger partial charge in [-0.2, -0.15) is 4.98 Å². The minimum absolute atomic E-state index is 0.0000666. The Morgan fingerprint density at radius 2 is 2.30 bits per heavy atom. The van der Waals surface area contributed by atoms with Crippen molar-refractivity contribution in [2.45, 2.75) is 19.3 Å². The van der Waals surface area contributed by atoms with Gasteiger partial charge in [0.25, 0.3) is 0 Å². The lowest BCUT2D eigenvalue weighted by molar-refractivity contribution is -0.139. The molecule has 0 amide bonds. The lowest BCUT2D eigenvalue weighted by Crippen LogP contribution is -2.16. The summed E-state index contributed by atoms with van der Waals surface area (Å²) in [6.07, 6.45) is 0.208. The van der Waals surface area contributed by atoms with Crippen molar-refractivity contribution in [1.29, 1.82) is 0 Å². The van der Waals surface area contributed by atoms with Gasteiger partial charge in [0.15, 0.2) is 0 Å². The SMILES string of the molecule is Cc1cc(-c2noc(C(CCN)C(=O)O)n2)ccc1F. The van der Waals surface area contributed by atoms with E-state index in [1.54, 1.807) is 13.0 Å². The molecule has 0 saturated carbocycles. The van der Waals surface area contributed by atoms with Crippen LogP contribution in [-0.4, -0.2) is 27.8 Å². The maximum absolute atomic E-state index is 13.2. The predicted molar refractivity (Wildman–Crippen MR) is 68.5 cm³/mol. The third kappa shape index (κ3) is 2.83. The molecular weight excluding hydrogens is 265 g/mol. The molecule has 0 aliphatic rings. The Bertz CT molecular complexity index is 627.